The molecule has 0 bridgehead atoms. The molecule has 14 heavy (non-hydrogen) atoms. The second-order valence-electron chi connectivity index (χ2n) is 4.88. The molecule has 0 unspecified atom stereocenters. The Kier molecular flexibility index (Phi) is 2.90. The number of nitrogens with zero attached hydrogens (tertiary/aromatic N) is 2. The highest BCUT2D eigenvalue weighted by molar-refractivity contribution is 5.03. The van der Waals surface area contributed by atoms with Crippen LogP contribution in [0.15, 0.2) is 12.3 Å². The van der Waals surface area contributed by atoms with E-state index < -0.39 is 0 Å². The van der Waals surface area contributed by atoms with Gasteiger partial charge in [0.15, 0.2) is 0 Å². The number of aryl methyl sites for hydroxylation is 1. The fourth-order valence-electron chi connectivity index (χ4n) is 1.73. The van der Waals surface area contributed by atoms with E-state index in [1.165, 1.54) is 31.4 Å². The van der Waals surface area contributed by atoms with E-state index in [9.17, 15) is 0 Å². The van der Waals surface area contributed by atoms with Crippen molar-refractivity contribution in [3.8, 4) is 0 Å². The Morgan fingerprint density at radius 1 is 1.50 bits per heavy atom. The Balaban J connectivity index is 1.90. The molecule has 0 aliphatic heterocycles. The van der Waals surface area contributed by atoms with E-state index in [-0.39, 0.29) is 0 Å². The third kappa shape index (κ3) is 2.60. The molecule has 1 aliphatic carbocycles. The molecule has 0 radical (unpaired) electrons. The smallest absolute Gasteiger partial charge is 0.0492 e. The van der Waals surface area contributed by atoms with Crippen molar-refractivity contribution < 1.29 is 0 Å². The van der Waals surface area contributed by atoms with Gasteiger partial charge in [0.05, 0.1) is 0 Å². The van der Waals surface area contributed by atoms with Gasteiger partial charge in [0, 0.05) is 18.4 Å². The second kappa shape index (κ2) is 4.16. The molecule has 0 N–H and O–H groups in total. The zero-order valence-corrected chi connectivity index (χ0v) is 9.24. The van der Waals surface area contributed by atoms with Crippen molar-refractivity contribution in [2.45, 2.75) is 46.1 Å². The Morgan fingerprint density at radius 2 is 2.29 bits per heavy atom. The number of hydrogen-bond acceptors (Lipinski definition) is 1. The normalized spacial score (nSPS) is 16.5. The first-order valence-electron chi connectivity index (χ1n) is 5.76. The summed E-state index contributed by atoms with van der Waals surface area (Å²) in [7, 11) is 0. The van der Waals surface area contributed by atoms with Crippen molar-refractivity contribution in [3.63, 3.8) is 0 Å². The summed E-state index contributed by atoms with van der Waals surface area (Å²) >= 11 is 0. The molecular formula is C12H20N2. The average Bonchev–Trinajstić information content (AvgIpc) is 2.81. The molecule has 2 rings (SSSR count). The molecular weight excluding hydrogens is 172 g/mol. The minimum Gasteiger partial charge on any atom is -0.270 e. The van der Waals surface area contributed by atoms with Crippen LogP contribution in [0.4, 0.5) is 0 Å². The predicted molar refractivity (Wildman–Crippen MR) is 58.1 cm³/mol. The molecule has 78 valence electrons. The summed E-state index contributed by atoms with van der Waals surface area (Å²) in [6, 6.07) is 2.18. The van der Waals surface area contributed by atoms with Gasteiger partial charge in [0.25, 0.3) is 0 Å². The third-order valence-electron chi connectivity index (χ3n) is 2.92. The van der Waals surface area contributed by atoms with Crippen LogP contribution in [-0.2, 0) is 13.0 Å². The second-order valence-corrected chi connectivity index (χ2v) is 4.88. The van der Waals surface area contributed by atoms with Gasteiger partial charge in [-0.15, -0.1) is 0 Å². The lowest BCUT2D eigenvalue weighted by atomic mass is 10.1. The Morgan fingerprint density at radius 3 is 2.93 bits per heavy atom. The highest BCUT2D eigenvalue weighted by atomic mass is 15.3. The Bertz CT molecular complexity index is 284. The quantitative estimate of drug-likeness (QED) is 0.701. The van der Waals surface area contributed by atoms with E-state index in [0.29, 0.717) is 0 Å². The van der Waals surface area contributed by atoms with Crippen molar-refractivity contribution in [2.24, 2.45) is 11.8 Å². The first kappa shape index (κ1) is 9.75. The highest BCUT2D eigenvalue weighted by Crippen LogP contribution is 2.32. The summed E-state index contributed by atoms with van der Waals surface area (Å²) in [6.45, 7) is 5.63. The van der Waals surface area contributed by atoms with Crippen LogP contribution in [0.2, 0.25) is 0 Å². The maximum absolute atomic E-state index is 4.39. The van der Waals surface area contributed by atoms with Crippen LogP contribution in [0.5, 0.6) is 0 Å². The molecule has 0 amide bonds. The van der Waals surface area contributed by atoms with Gasteiger partial charge in [0.1, 0.15) is 0 Å². The molecule has 2 heteroatoms. The number of hydrogen-bond donors (Lipinski definition) is 0. The van der Waals surface area contributed by atoms with Gasteiger partial charge in [-0.3, -0.25) is 4.68 Å². The van der Waals surface area contributed by atoms with E-state index in [1.807, 2.05) is 6.20 Å². The molecule has 0 aromatic carbocycles. The molecule has 1 aromatic heterocycles. The fourth-order valence-corrected chi connectivity index (χ4v) is 1.73. The summed E-state index contributed by atoms with van der Waals surface area (Å²) in [4.78, 5) is 0. The zero-order valence-electron chi connectivity index (χ0n) is 9.24. The van der Waals surface area contributed by atoms with Gasteiger partial charge >= 0.3 is 0 Å². The molecule has 0 spiro atoms. The minimum atomic E-state index is 0.771. The van der Waals surface area contributed by atoms with Crippen molar-refractivity contribution in [1.82, 2.24) is 9.78 Å². The largest absolute Gasteiger partial charge is 0.270 e. The SMILES string of the molecule is CC(C)CCn1nccc1CC1CC1. The maximum atomic E-state index is 4.39. The lowest BCUT2D eigenvalue weighted by Crippen LogP contribution is -2.07. The summed E-state index contributed by atoms with van der Waals surface area (Å²) in [5.41, 5.74) is 1.44. The van der Waals surface area contributed by atoms with Crippen LogP contribution in [0.3, 0.4) is 0 Å². The lowest BCUT2D eigenvalue weighted by Gasteiger charge is -2.08. The summed E-state index contributed by atoms with van der Waals surface area (Å²) in [5, 5.41) is 4.39. The van der Waals surface area contributed by atoms with Gasteiger partial charge in [-0.1, -0.05) is 13.8 Å². The molecule has 1 fully saturated rings. The Labute approximate surface area is 86.3 Å². The standard InChI is InChI=1S/C12H20N2/c1-10(2)6-8-14-12(5-7-13-14)9-11-3-4-11/h5,7,10-11H,3-4,6,8-9H2,1-2H3. The van der Waals surface area contributed by atoms with Gasteiger partial charge in [0.2, 0.25) is 0 Å². The maximum Gasteiger partial charge on any atom is 0.0492 e. The van der Waals surface area contributed by atoms with E-state index in [0.717, 1.165) is 18.4 Å². The zero-order chi connectivity index (χ0) is 9.97. The minimum absolute atomic E-state index is 0.771. The van der Waals surface area contributed by atoms with E-state index in [4.69, 9.17) is 0 Å². The Hall–Kier alpha value is -0.790. The van der Waals surface area contributed by atoms with Crippen molar-refractivity contribution >= 4 is 0 Å². The van der Waals surface area contributed by atoms with Gasteiger partial charge in [-0.05, 0) is 43.6 Å². The predicted octanol–water partition coefficient (Wildman–Crippen LogP) is 2.88. The van der Waals surface area contributed by atoms with Gasteiger partial charge in [-0.2, -0.15) is 5.10 Å². The van der Waals surface area contributed by atoms with Crippen LogP contribution in [0.1, 0.15) is 38.8 Å². The summed E-state index contributed by atoms with van der Waals surface area (Å²) in [6.07, 6.45) is 7.28. The van der Waals surface area contributed by atoms with Crippen molar-refractivity contribution in [3.05, 3.63) is 18.0 Å². The molecule has 1 saturated carbocycles. The lowest BCUT2D eigenvalue weighted by molar-refractivity contribution is 0.472. The van der Waals surface area contributed by atoms with E-state index in [1.54, 1.807) is 0 Å². The van der Waals surface area contributed by atoms with Gasteiger partial charge < -0.3 is 0 Å². The third-order valence-corrected chi connectivity index (χ3v) is 2.92. The molecule has 1 aromatic rings. The summed E-state index contributed by atoms with van der Waals surface area (Å²) in [5.74, 6) is 1.73. The number of aromatic nitrogens is 2. The molecule has 1 aliphatic rings. The molecule has 1 heterocycles. The van der Waals surface area contributed by atoms with E-state index in [2.05, 4.69) is 29.7 Å². The summed E-state index contributed by atoms with van der Waals surface area (Å²) < 4.78 is 2.19. The van der Waals surface area contributed by atoms with Crippen LogP contribution in [0.25, 0.3) is 0 Å². The first-order valence-corrected chi connectivity index (χ1v) is 5.76. The van der Waals surface area contributed by atoms with Crippen LogP contribution < -0.4 is 0 Å². The van der Waals surface area contributed by atoms with Crippen LogP contribution in [0, 0.1) is 11.8 Å². The van der Waals surface area contributed by atoms with Crippen molar-refractivity contribution in [1.29, 1.82) is 0 Å². The monoisotopic (exact) mass is 192 g/mol. The molecule has 0 atom stereocenters. The first-order chi connectivity index (χ1) is 6.75. The van der Waals surface area contributed by atoms with Crippen LogP contribution in [-0.4, -0.2) is 9.78 Å². The average molecular weight is 192 g/mol. The molecule has 2 nitrogen and oxygen atoms in total. The molecule has 0 saturated heterocycles. The topological polar surface area (TPSA) is 17.8 Å². The van der Waals surface area contributed by atoms with Crippen LogP contribution >= 0.6 is 0 Å². The highest BCUT2D eigenvalue weighted by Gasteiger charge is 2.22. The fraction of sp³-hybridized carbons (Fsp3) is 0.750. The number of rotatable bonds is 5. The van der Waals surface area contributed by atoms with Crippen molar-refractivity contribution in [2.75, 3.05) is 0 Å². The van der Waals surface area contributed by atoms with E-state index >= 15 is 0 Å². The van der Waals surface area contributed by atoms with Gasteiger partial charge in [-0.25, -0.2) is 0 Å².